The molecule has 0 bridgehead atoms. The van der Waals surface area contributed by atoms with E-state index in [4.69, 9.17) is 10.5 Å². The fraction of sp³-hybridized carbons (Fsp3) is 0.462. The Morgan fingerprint density at radius 2 is 2.17 bits per heavy atom. The van der Waals surface area contributed by atoms with Crippen molar-refractivity contribution < 1.29 is 9.53 Å². The summed E-state index contributed by atoms with van der Waals surface area (Å²) in [4.78, 5) is 10.7. The van der Waals surface area contributed by atoms with Gasteiger partial charge in [0.05, 0.1) is 13.7 Å². The lowest BCUT2D eigenvalue weighted by atomic mass is 9.84. The number of hydrogen-bond donors (Lipinski definition) is 2. The molecule has 0 heterocycles. The third kappa shape index (κ3) is 3.99. The Hall–Kier alpha value is -1.07. The summed E-state index contributed by atoms with van der Waals surface area (Å²) in [6, 6.07) is 5.90. The normalized spacial score (nSPS) is 11.3. The second-order valence-electron chi connectivity index (χ2n) is 4.80. The fourth-order valence-electron chi connectivity index (χ4n) is 1.80. The minimum Gasteiger partial charge on any atom is -0.496 e. The van der Waals surface area contributed by atoms with Crippen LogP contribution in [0.3, 0.4) is 0 Å². The number of carbonyl (C=O) groups excluding carboxylic acids is 1. The maximum atomic E-state index is 10.7. The summed E-state index contributed by atoms with van der Waals surface area (Å²) in [5, 5.41) is 3.05. The first-order valence-corrected chi connectivity index (χ1v) is 6.49. The van der Waals surface area contributed by atoms with Gasteiger partial charge in [-0.25, -0.2) is 0 Å². The van der Waals surface area contributed by atoms with E-state index in [1.807, 2.05) is 18.2 Å². The topological polar surface area (TPSA) is 64.3 Å². The average Bonchev–Trinajstić information content (AvgIpc) is 2.28. The number of rotatable bonds is 6. The molecule has 0 unspecified atom stereocenters. The Morgan fingerprint density at radius 3 is 2.72 bits per heavy atom. The smallest absolute Gasteiger partial charge is 0.231 e. The average molecular weight is 315 g/mol. The number of methoxy groups -OCH3 is 1. The largest absolute Gasteiger partial charge is 0.496 e. The van der Waals surface area contributed by atoms with Crippen molar-refractivity contribution in [3.8, 4) is 5.75 Å². The van der Waals surface area contributed by atoms with Crippen LogP contribution < -0.4 is 15.8 Å². The molecule has 0 atom stereocenters. The SMILES string of the molecule is COc1ccc(Br)cc1C(C)(C)CNCC(N)=O. The van der Waals surface area contributed by atoms with Gasteiger partial charge in [0, 0.05) is 22.0 Å². The molecule has 0 radical (unpaired) electrons. The highest BCUT2D eigenvalue weighted by molar-refractivity contribution is 9.10. The third-order valence-corrected chi connectivity index (χ3v) is 3.25. The molecule has 3 N–H and O–H groups in total. The molecule has 5 heteroatoms. The van der Waals surface area contributed by atoms with Gasteiger partial charge in [0.15, 0.2) is 0 Å². The molecule has 1 amide bonds. The molecule has 0 aromatic heterocycles. The van der Waals surface area contributed by atoms with Crippen LogP contribution in [0.1, 0.15) is 19.4 Å². The van der Waals surface area contributed by atoms with E-state index in [1.54, 1.807) is 7.11 Å². The van der Waals surface area contributed by atoms with Crippen molar-refractivity contribution in [2.45, 2.75) is 19.3 Å². The zero-order valence-electron chi connectivity index (χ0n) is 10.9. The van der Waals surface area contributed by atoms with Gasteiger partial charge in [-0.15, -0.1) is 0 Å². The Labute approximate surface area is 116 Å². The van der Waals surface area contributed by atoms with Crippen LogP contribution in [0.4, 0.5) is 0 Å². The number of halogens is 1. The molecule has 1 aromatic rings. The highest BCUT2D eigenvalue weighted by atomic mass is 79.9. The molecule has 0 aliphatic carbocycles. The molecule has 0 fully saturated rings. The van der Waals surface area contributed by atoms with Crippen LogP contribution in [0, 0.1) is 0 Å². The predicted molar refractivity (Wildman–Crippen MR) is 75.8 cm³/mol. The number of primary amides is 1. The molecule has 100 valence electrons. The molecule has 1 rings (SSSR count). The lowest BCUT2D eigenvalue weighted by molar-refractivity contribution is -0.117. The second kappa shape index (κ2) is 6.20. The maximum absolute atomic E-state index is 10.7. The summed E-state index contributed by atoms with van der Waals surface area (Å²) >= 11 is 3.46. The minimum absolute atomic E-state index is 0.162. The lowest BCUT2D eigenvalue weighted by Crippen LogP contribution is -2.38. The summed E-state index contributed by atoms with van der Waals surface area (Å²) in [6.07, 6.45) is 0. The number of hydrogen-bond acceptors (Lipinski definition) is 3. The first kappa shape index (κ1) is 15.0. The molecule has 0 aliphatic rings. The van der Waals surface area contributed by atoms with Crippen LogP contribution in [0.25, 0.3) is 0 Å². The summed E-state index contributed by atoms with van der Waals surface area (Å²) in [5.74, 6) is 0.482. The standard InChI is InChI=1S/C13H19BrN2O2/c1-13(2,8-16-7-12(15)17)10-6-9(14)4-5-11(10)18-3/h4-6,16H,7-8H2,1-3H3,(H2,15,17). The van der Waals surface area contributed by atoms with Gasteiger partial charge in [-0.2, -0.15) is 0 Å². The molecule has 4 nitrogen and oxygen atoms in total. The van der Waals surface area contributed by atoms with Crippen LogP contribution in [0.15, 0.2) is 22.7 Å². The van der Waals surface area contributed by atoms with E-state index >= 15 is 0 Å². The third-order valence-electron chi connectivity index (χ3n) is 2.76. The molecule has 0 saturated carbocycles. The number of ether oxygens (including phenoxy) is 1. The highest BCUT2D eigenvalue weighted by Crippen LogP contribution is 2.33. The number of amides is 1. The van der Waals surface area contributed by atoms with Crippen LogP contribution in [-0.4, -0.2) is 26.1 Å². The molecule has 0 spiro atoms. The quantitative estimate of drug-likeness (QED) is 0.841. The number of benzene rings is 1. The van der Waals surface area contributed by atoms with Crippen LogP contribution >= 0.6 is 15.9 Å². The van der Waals surface area contributed by atoms with E-state index in [-0.39, 0.29) is 17.9 Å². The zero-order valence-corrected chi connectivity index (χ0v) is 12.5. The fourth-order valence-corrected chi connectivity index (χ4v) is 2.16. The summed E-state index contributed by atoms with van der Waals surface area (Å²) in [6.45, 7) is 5.00. The van der Waals surface area contributed by atoms with Gasteiger partial charge in [0.1, 0.15) is 5.75 Å². The van der Waals surface area contributed by atoms with Crippen molar-refractivity contribution in [1.82, 2.24) is 5.32 Å². The van der Waals surface area contributed by atoms with Crippen molar-refractivity contribution in [3.05, 3.63) is 28.2 Å². The van der Waals surface area contributed by atoms with Crippen molar-refractivity contribution in [3.63, 3.8) is 0 Å². The number of nitrogens with two attached hydrogens (primary N) is 1. The number of nitrogens with one attached hydrogen (secondary N) is 1. The van der Waals surface area contributed by atoms with E-state index in [1.165, 1.54) is 0 Å². The maximum Gasteiger partial charge on any atom is 0.231 e. The van der Waals surface area contributed by atoms with Crippen LogP contribution in [0.5, 0.6) is 5.75 Å². The monoisotopic (exact) mass is 314 g/mol. The van der Waals surface area contributed by atoms with Gasteiger partial charge in [0.2, 0.25) is 5.91 Å². The van der Waals surface area contributed by atoms with Gasteiger partial charge in [-0.3, -0.25) is 4.79 Å². The second-order valence-corrected chi connectivity index (χ2v) is 5.71. The van der Waals surface area contributed by atoms with Gasteiger partial charge >= 0.3 is 0 Å². The van der Waals surface area contributed by atoms with Crippen molar-refractivity contribution >= 4 is 21.8 Å². The Balaban J connectivity index is 2.88. The Morgan fingerprint density at radius 1 is 1.50 bits per heavy atom. The minimum atomic E-state index is -0.355. The highest BCUT2D eigenvalue weighted by Gasteiger charge is 2.24. The van der Waals surface area contributed by atoms with Crippen LogP contribution in [-0.2, 0) is 10.2 Å². The first-order chi connectivity index (χ1) is 8.36. The molecule has 1 aromatic carbocycles. The summed E-state index contributed by atoms with van der Waals surface area (Å²) in [5.41, 5.74) is 6.02. The predicted octanol–water partition coefficient (Wildman–Crippen LogP) is 1.81. The molecular formula is C13H19BrN2O2. The molecule has 0 saturated heterocycles. The lowest BCUT2D eigenvalue weighted by Gasteiger charge is -2.27. The van der Waals surface area contributed by atoms with Crippen molar-refractivity contribution in [2.24, 2.45) is 5.73 Å². The van der Waals surface area contributed by atoms with Gasteiger partial charge in [-0.1, -0.05) is 29.8 Å². The van der Waals surface area contributed by atoms with E-state index in [0.29, 0.717) is 6.54 Å². The van der Waals surface area contributed by atoms with Gasteiger partial charge < -0.3 is 15.8 Å². The van der Waals surface area contributed by atoms with Crippen molar-refractivity contribution in [1.29, 1.82) is 0 Å². The van der Waals surface area contributed by atoms with Crippen LogP contribution in [0.2, 0.25) is 0 Å². The first-order valence-electron chi connectivity index (χ1n) is 5.70. The van der Waals surface area contributed by atoms with E-state index in [2.05, 4.69) is 35.1 Å². The van der Waals surface area contributed by atoms with E-state index in [0.717, 1.165) is 15.8 Å². The summed E-state index contributed by atoms with van der Waals surface area (Å²) < 4.78 is 6.38. The zero-order chi connectivity index (χ0) is 13.8. The summed E-state index contributed by atoms with van der Waals surface area (Å²) in [7, 11) is 1.65. The van der Waals surface area contributed by atoms with E-state index in [9.17, 15) is 4.79 Å². The molecule has 18 heavy (non-hydrogen) atoms. The Kier molecular flexibility index (Phi) is 5.16. The Bertz CT molecular complexity index is 433. The number of carbonyl (C=O) groups is 1. The van der Waals surface area contributed by atoms with Gasteiger partial charge in [0.25, 0.3) is 0 Å². The molecular weight excluding hydrogens is 296 g/mol. The van der Waals surface area contributed by atoms with E-state index < -0.39 is 0 Å². The van der Waals surface area contributed by atoms with Gasteiger partial charge in [-0.05, 0) is 18.2 Å². The molecule has 0 aliphatic heterocycles. The van der Waals surface area contributed by atoms with Crippen molar-refractivity contribution in [2.75, 3.05) is 20.2 Å².